The summed E-state index contributed by atoms with van der Waals surface area (Å²) in [7, 11) is 0. The predicted octanol–water partition coefficient (Wildman–Crippen LogP) is 17.9. The minimum atomic E-state index is -0.533. The first-order chi connectivity index (χ1) is 33.6. The number of nitrogens with zero attached hydrogens (tertiary/aromatic N) is 1. The van der Waals surface area contributed by atoms with Crippen molar-refractivity contribution in [2.45, 2.75) is 12.3 Å². The number of aryl methyl sites for hydroxylation is 1. The van der Waals surface area contributed by atoms with Crippen molar-refractivity contribution in [3.05, 3.63) is 283 Å². The molecule has 1 aliphatic rings. The fraction of sp³-hybridized carbons (Fsp3) is 0.0303. The summed E-state index contributed by atoms with van der Waals surface area (Å²) < 4.78 is 6.20. The summed E-state index contributed by atoms with van der Waals surface area (Å²) in [5, 5.41) is 4.71. The summed E-state index contributed by atoms with van der Waals surface area (Å²) in [6, 6.07) is 93.3. The van der Waals surface area contributed by atoms with Crippen LogP contribution in [0.3, 0.4) is 0 Å². The molecule has 0 radical (unpaired) electrons. The normalized spacial score (nSPS) is 12.6. The van der Waals surface area contributed by atoms with Crippen LogP contribution in [0.1, 0.15) is 27.8 Å². The van der Waals surface area contributed by atoms with Gasteiger partial charge in [0.25, 0.3) is 0 Å². The van der Waals surface area contributed by atoms with E-state index in [1.807, 2.05) is 12.1 Å². The van der Waals surface area contributed by atoms with Gasteiger partial charge in [-0.3, -0.25) is 0 Å². The van der Waals surface area contributed by atoms with E-state index in [0.29, 0.717) is 0 Å². The van der Waals surface area contributed by atoms with Crippen LogP contribution in [-0.2, 0) is 5.41 Å². The van der Waals surface area contributed by atoms with Gasteiger partial charge in [0.1, 0.15) is 11.2 Å². The highest BCUT2D eigenvalue weighted by Crippen LogP contribution is 2.58. The Hall–Kier alpha value is -8.72. The lowest BCUT2D eigenvalue weighted by molar-refractivity contribution is 0.669. The SMILES string of the molecule is Cc1cccc2c1-c1ccc(N(c3ccc(-c4ccc5oc6ccccc6c5c4)cc3)c3ccc(-c4cc5ccccc5cc4-c4ccccc4)cc3)cc1C2(c1ccccc1)c1ccccc1. The van der Waals surface area contributed by atoms with Gasteiger partial charge in [-0.15, -0.1) is 0 Å². The van der Waals surface area contributed by atoms with Crippen LogP contribution >= 0.6 is 0 Å². The van der Waals surface area contributed by atoms with Crippen molar-refractivity contribution in [1.29, 1.82) is 0 Å². The molecule has 1 aromatic heterocycles. The molecule has 0 amide bonds. The first-order valence-electron chi connectivity index (χ1n) is 23.5. The van der Waals surface area contributed by atoms with E-state index in [1.165, 1.54) is 72.0 Å². The van der Waals surface area contributed by atoms with Crippen molar-refractivity contribution < 1.29 is 4.42 Å². The Balaban J connectivity index is 0.994. The van der Waals surface area contributed by atoms with Crippen molar-refractivity contribution in [2.24, 2.45) is 0 Å². The standard InChI is InChI=1S/C66H45NO/c1-44-16-15-26-61-65(44)57-38-37-55(43-62(57)66(61,51-21-7-3-8-22-51)52-23-9-4-10-24-52)67(53-33-28-45(29-34-53)50-32-39-64-60(42-50)56-25-13-14-27-63(56)68-64)54-35-30-47(31-36-54)59-41-49-20-12-11-19-48(49)40-58(59)46-17-5-2-6-18-46/h2-43H,1H3. The van der Waals surface area contributed by atoms with Crippen LogP contribution in [0.4, 0.5) is 17.1 Å². The molecule has 12 aromatic rings. The van der Waals surface area contributed by atoms with Gasteiger partial charge in [0, 0.05) is 27.8 Å². The number of anilines is 3. The first kappa shape index (κ1) is 39.6. The first-order valence-corrected chi connectivity index (χ1v) is 23.5. The Bertz CT molecular complexity index is 3790. The lowest BCUT2D eigenvalue weighted by Gasteiger charge is -2.35. The molecule has 2 nitrogen and oxygen atoms in total. The second kappa shape index (κ2) is 16.0. The Kier molecular flexibility index (Phi) is 9.33. The molecular weight excluding hydrogens is 823 g/mol. The number of rotatable bonds is 8. The second-order valence-corrected chi connectivity index (χ2v) is 18.1. The molecule has 0 fully saturated rings. The van der Waals surface area contributed by atoms with E-state index in [9.17, 15) is 0 Å². The highest BCUT2D eigenvalue weighted by molar-refractivity contribution is 6.06. The van der Waals surface area contributed by atoms with Gasteiger partial charge in [-0.25, -0.2) is 0 Å². The maximum absolute atomic E-state index is 6.20. The third-order valence-corrected chi connectivity index (χ3v) is 14.3. The molecule has 0 aliphatic heterocycles. The third kappa shape index (κ3) is 6.33. The van der Waals surface area contributed by atoms with Crippen molar-refractivity contribution in [3.8, 4) is 44.5 Å². The van der Waals surface area contributed by atoms with Gasteiger partial charge < -0.3 is 9.32 Å². The van der Waals surface area contributed by atoms with Crippen molar-refractivity contribution in [3.63, 3.8) is 0 Å². The van der Waals surface area contributed by atoms with Crippen molar-refractivity contribution >= 4 is 49.8 Å². The smallest absolute Gasteiger partial charge is 0.135 e. The fourth-order valence-electron chi connectivity index (χ4n) is 11.1. The van der Waals surface area contributed by atoms with E-state index in [2.05, 4.69) is 254 Å². The van der Waals surface area contributed by atoms with E-state index in [0.717, 1.165) is 50.1 Å². The fourth-order valence-corrected chi connectivity index (χ4v) is 11.1. The van der Waals surface area contributed by atoms with Crippen molar-refractivity contribution in [2.75, 3.05) is 4.90 Å². The van der Waals surface area contributed by atoms with Gasteiger partial charge in [0.05, 0.1) is 5.41 Å². The zero-order valence-corrected chi connectivity index (χ0v) is 37.6. The Morgan fingerprint density at radius 3 is 1.53 bits per heavy atom. The lowest BCUT2D eigenvalue weighted by atomic mass is 9.67. The van der Waals surface area contributed by atoms with Crippen molar-refractivity contribution in [1.82, 2.24) is 0 Å². The topological polar surface area (TPSA) is 16.4 Å². The summed E-state index contributed by atoms with van der Waals surface area (Å²) in [6.45, 7) is 2.25. The number of para-hydroxylation sites is 1. The van der Waals surface area contributed by atoms with E-state index in [-0.39, 0.29) is 0 Å². The van der Waals surface area contributed by atoms with Crippen LogP contribution < -0.4 is 4.90 Å². The van der Waals surface area contributed by atoms with Gasteiger partial charge in [-0.05, 0) is 157 Å². The van der Waals surface area contributed by atoms with E-state index >= 15 is 0 Å². The second-order valence-electron chi connectivity index (χ2n) is 18.1. The minimum absolute atomic E-state index is 0.533. The zero-order chi connectivity index (χ0) is 45.2. The number of furan rings is 1. The molecule has 1 aliphatic carbocycles. The van der Waals surface area contributed by atoms with Crippen LogP contribution in [0.25, 0.3) is 77.2 Å². The Morgan fingerprint density at radius 1 is 0.338 bits per heavy atom. The van der Waals surface area contributed by atoms with Gasteiger partial charge in [-0.1, -0.05) is 188 Å². The molecule has 0 saturated heterocycles. The van der Waals surface area contributed by atoms with Crippen LogP contribution in [-0.4, -0.2) is 0 Å². The molecule has 2 heteroatoms. The molecule has 1 heterocycles. The summed E-state index contributed by atoms with van der Waals surface area (Å²) in [5.74, 6) is 0. The third-order valence-electron chi connectivity index (χ3n) is 14.3. The van der Waals surface area contributed by atoms with E-state index in [1.54, 1.807) is 0 Å². The maximum atomic E-state index is 6.20. The largest absolute Gasteiger partial charge is 0.456 e. The van der Waals surface area contributed by atoms with Gasteiger partial charge >= 0.3 is 0 Å². The summed E-state index contributed by atoms with van der Waals surface area (Å²) in [6.07, 6.45) is 0. The van der Waals surface area contributed by atoms with Crippen LogP contribution in [0.5, 0.6) is 0 Å². The van der Waals surface area contributed by atoms with Gasteiger partial charge in [0.2, 0.25) is 0 Å². The lowest BCUT2D eigenvalue weighted by Crippen LogP contribution is -2.28. The predicted molar refractivity (Wildman–Crippen MR) is 284 cm³/mol. The highest BCUT2D eigenvalue weighted by Gasteiger charge is 2.47. The van der Waals surface area contributed by atoms with Crippen LogP contribution in [0, 0.1) is 6.92 Å². The quantitative estimate of drug-likeness (QED) is 0.151. The summed E-state index contributed by atoms with van der Waals surface area (Å²) >= 11 is 0. The molecule has 0 bridgehead atoms. The molecule has 320 valence electrons. The maximum Gasteiger partial charge on any atom is 0.135 e. The summed E-state index contributed by atoms with van der Waals surface area (Å²) in [4.78, 5) is 2.43. The molecule has 0 unspecified atom stereocenters. The molecular formula is C66H45NO. The van der Waals surface area contributed by atoms with Crippen LogP contribution in [0.2, 0.25) is 0 Å². The monoisotopic (exact) mass is 867 g/mol. The minimum Gasteiger partial charge on any atom is -0.456 e. The molecule has 0 spiro atoms. The van der Waals surface area contributed by atoms with E-state index in [4.69, 9.17) is 4.42 Å². The Labute approximate surface area is 396 Å². The van der Waals surface area contributed by atoms with Gasteiger partial charge in [-0.2, -0.15) is 0 Å². The average Bonchev–Trinajstić information content (AvgIpc) is 3.93. The highest BCUT2D eigenvalue weighted by atomic mass is 16.3. The molecule has 0 N–H and O–H groups in total. The van der Waals surface area contributed by atoms with E-state index < -0.39 is 5.41 Å². The zero-order valence-electron chi connectivity index (χ0n) is 37.6. The molecule has 0 saturated carbocycles. The number of hydrogen-bond donors (Lipinski definition) is 0. The Morgan fingerprint density at radius 2 is 0.868 bits per heavy atom. The number of fused-ring (bicyclic) bond motifs is 7. The van der Waals surface area contributed by atoms with Gasteiger partial charge in [0.15, 0.2) is 0 Å². The van der Waals surface area contributed by atoms with Crippen LogP contribution in [0.15, 0.2) is 259 Å². The summed E-state index contributed by atoms with van der Waals surface area (Å²) in [5.41, 5.74) is 20.6. The average molecular weight is 868 g/mol. The number of benzene rings is 11. The molecule has 68 heavy (non-hydrogen) atoms. The molecule has 11 aromatic carbocycles. The molecule has 0 atom stereocenters. The molecule has 13 rings (SSSR count). The number of hydrogen-bond acceptors (Lipinski definition) is 2.